The van der Waals surface area contributed by atoms with E-state index in [4.69, 9.17) is 26.8 Å². The molecule has 2 atom stereocenters. The van der Waals surface area contributed by atoms with Gasteiger partial charge in [-0.15, -0.1) is 0 Å². The summed E-state index contributed by atoms with van der Waals surface area (Å²) in [5, 5.41) is 0.0437. The molecule has 1 aromatic rings. The number of benzene rings is 1. The summed E-state index contributed by atoms with van der Waals surface area (Å²) in [7, 11) is 4.97. The van der Waals surface area contributed by atoms with Gasteiger partial charge in [0, 0.05) is 18.7 Å². The van der Waals surface area contributed by atoms with Gasteiger partial charge in [-0.3, -0.25) is 4.90 Å². The molecule has 2 unspecified atom stereocenters. The van der Waals surface area contributed by atoms with E-state index >= 15 is 0 Å². The topological polar surface area (TPSA) is 47.7 Å². The zero-order valence-corrected chi connectivity index (χ0v) is 12.7. The maximum atomic E-state index is 14.5. The number of rotatable bonds is 4. The van der Waals surface area contributed by atoms with Gasteiger partial charge in [0.15, 0.2) is 17.3 Å². The van der Waals surface area contributed by atoms with Crippen molar-refractivity contribution in [2.75, 3.05) is 34.4 Å². The Kier molecular flexibility index (Phi) is 4.73. The van der Waals surface area contributed by atoms with E-state index in [9.17, 15) is 4.39 Å². The van der Waals surface area contributed by atoms with Gasteiger partial charge in [-0.1, -0.05) is 11.6 Å². The molecule has 112 valence electrons. The molecule has 0 saturated carbocycles. The Labute approximate surface area is 123 Å². The van der Waals surface area contributed by atoms with E-state index < -0.39 is 5.82 Å². The summed E-state index contributed by atoms with van der Waals surface area (Å²) in [6, 6.07) is 1.33. The highest BCUT2D eigenvalue weighted by atomic mass is 35.5. The molecule has 1 aliphatic rings. The fraction of sp³-hybridized carbons (Fsp3) is 0.571. The van der Waals surface area contributed by atoms with Crippen molar-refractivity contribution in [3.63, 3.8) is 0 Å². The number of halogens is 2. The normalized spacial score (nSPS) is 23.1. The number of ether oxygens (including phenoxy) is 2. The number of hydrogen-bond donors (Lipinski definition) is 1. The van der Waals surface area contributed by atoms with Crippen LogP contribution in [0.25, 0.3) is 0 Å². The van der Waals surface area contributed by atoms with Crippen LogP contribution in [0, 0.1) is 11.7 Å². The Hall–Kier alpha value is -1.04. The molecule has 2 N–H and O–H groups in total. The highest BCUT2D eigenvalue weighted by Crippen LogP contribution is 2.45. The van der Waals surface area contributed by atoms with Crippen molar-refractivity contribution in [1.82, 2.24) is 4.90 Å². The average molecular weight is 303 g/mol. The van der Waals surface area contributed by atoms with E-state index in [1.807, 2.05) is 7.05 Å². The van der Waals surface area contributed by atoms with Crippen molar-refractivity contribution in [1.29, 1.82) is 0 Å². The minimum absolute atomic E-state index is 0.0437. The molecule has 1 aliphatic heterocycles. The van der Waals surface area contributed by atoms with Crippen LogP contribution in [0.2, 0.25) is 5.02 Å². The molecule has 0 aliphatic carbocycles. The fourth-order valence-electron chi connectivity index (χ4n) is 2.88. The Morgan fingerprint density at radius 2 is 2.15 bits per heavy atom. The first-order valence-corrected chi connectivity index (χ1v) is 6.91. The maximum Gasteiger partial charge on any atom is 0.168 e. The summed E-state index contributed by atoms with van der Waals surface area (Å²) in [5.74, 6) is 0.750. The van der Waals surface area contributed by atoms with Crippen molar-refractivity contribution in [2.24, 2.45) is 11.7 Å². The lowest BCUT2D eigenvalue weighted by molar-refractivity contribution is 0.288. The quantitative estimate of drug-likeness (QED) is 0.928. The molecule has 0 radical (unpaired) electrons. The van der Waals surface area contributed by atoms with E-state index in [0.29, 0.717) is 29.5 Å². The molecule has 6 heteroatoms. The first kappa shape index (κ1) is 15.4. The van der Waals surface area contributed by atoms with E-state index in [-0.39, 0.29) is 11.1 Å². The number of likely N-dealkylation sites (tertiary alicyclic amines) is 1. The first-order chi connectivity index (χ1) is 9.53. The van der Waals surface area contributed by atoms with Gasteiger partial charge in [0.25, 0.3) is 0 Å². The molecule has 4 nitrogen and oxygen atoms in total. The third-order valence-corrected chi connectivity index (χ3v) is 4.17. The van der Waals surface area contributed by atoms with Crippen molar-refractivity contribution in [2.45, 2.75) is 12.5 Å². The van der Waals surface area contributed by atoms with E-state index in [2.05, 4.69) is 4.90 Å². The molecule has 1 fully saturated rings. The molecular weight excluding hydrogens is 283 g/mol. The Morgan fingerprint density at radius 3 is 2.65 bits per heavy atom. The number of hydrogen-bond acceptors (Lipinski definition) is 4. The Bertz CT molecular complexity index is 499. The monoisotopic (exact) mass is 302 g/mol. The second-order valence-corrected chi connectivity index (χ2v) is 5.52. The van der Waals surface area contributed by atoms with Gasteiger partial charge in [0.05, 0.1) is 24.8 Å². The third-order valence-electron chi connectivity index (χ3n) is 3.90. The van der Waals surface area contributed by atoms with Crippen molar-refractivity contribution >= 4 is 11.6 Å². The number of methoxy groups -OCH3 is 2. The van der Waals surface area contributed by atoms with Crippen LogP contribution < -0.4 is 15.2 Å². The van der Waals surface area contributed by atoms with Crippen LogP contribution in [-0.2, 0) is 0 Å². The van der Waals surface area contributed by atoms with Crippen molar-refractivity contribution in [3.05, 3.63) is 22.5 Å². The molecule has 2 rings (SSSR count). The van der Waals surface area contributed by atoms with Gasteiger partial charge >= 0.3 is 0 Å². The van der Waals surface area contributed by atoms with Crippen LogP contribution in [0.5, 0.6) is 11.5 Å². The molecular formula is C14H20ClFN2O2. The summed E-state index contributed by atoms with van der Waals surface area (Å²) in [5.41, 5.74) is 6.18. The number of nitrogens with zero attached hydrogens (tertiary/aromatic N) is 1. The highest BCUT2D eigenvalue weighted by molar-refractivity contribution is 6.31. The summed E-state index contributed by atoms with van der Waals surface area (Å²) in [6.07, 6.45) is 0.782. The standard InChI is InChI=1S/C14H20ClFN2O2/c1-18-7-8(6-17)4-10(18)12-13(16)9(15)5-11(19-2)14(12)20-3/h5,8,10H,4,6-7,17H2,1-3H3. The Balaban J connectivity index is 2.52. The van der Waals surface area contributed by atoms with Crippen molar-refractivity contribution in [3.8, 4) is 11.5 Å². The van der Waals surface area contributed by atoms with Gasteiger partial charge in [-0.05, 0) is 25.9 Å². The van der Waals surface area contributed by atoms with Gasteiger partial charge < -0.3 is 15.2 Å². The third kappa shape index (κ3) is 2.57. The molecule has 0 spiro atoms. The Morgan fingerprint density at radius 1 is 1.45 bits per heavy atom. The lowest BCUT2D eigenvalue weighted by atomic mass is 9.98. The lowest BCUT2D eigenvalue weighted by Crippen LogP contribution is -2.21. The van der Waals surface area contributed by atoms with Gasteiger partial charge in [0.2, 0.25) is 0 Å². The van der Waals surface area contributed by atoms with E-state index in [0.717, 1.165) is 13.0 Å². The molecule has 20 heavy (non-hydrogen) atoms. The van der Waals surface area contributed by atoms with Crippen LogP contribution in [0.1, 0.15) is 18.0 Å². The van der Waals surface area contributed by atoms with Crippen molar-refractivity contribution < 1.29 is 13.9 Å². The molecule has 1 aromatic carbocycles. The van der Waals surface area contributed by atoms with Crippen LogP contribution in [0.15, 0.2) is 6.07 Å². The van der Waals surface area contributed by atoms with Gasteiger partial charge in [0.1, 0.15) is 0 Å². The summed E-state index contributed by atoms with van der Waals surface area (Å²) < 4.78 is 25.1. The maximum absolute atomic E-state index is 14.5. The molecule has 0 aromatic heterocycles. The summed E-state index contributed by atoms with van der Waals surface area (Å²) in [6.45, 7) is 1.42. The molecule has 1 heterocycles. The minimum Gasteiger partial charge on any atom is -0.493 e. The largest absolute Gasteiger partial charge is 0.493 e. The summed E-state index contributed by atoms with van der Waals surface area (Å²) >= 11 is 5.97. The van der Waals surface area contributed by atoms with E-state index in [1.54, 1.807) is 0 Å². The van der Waals surface area contributed by atoms with Gasteiger partial charge in [-0.2, -0.15) is 0 Å². The predicted octanol–water partition coefficient (Wildman–Crippen LogP) is 2.45. The second kappa shape index (κ2) is 6.16. The minimum atomic E-state index is -0.446. The molecule has 1 saturated heterocycles. The predicted molar refractivity (Wildman–Crippen MR) is 77.0 cm³/mol. The van der Waals surface area contributed by atoms with E-state index in [1.165, 1.54) is 20.3 Å². The number of nitrogens with two attached hydrogens (primary N) is 1. The first-order valence-electron chi connectivity index (χ1n) is 6.53. The van der Waals surface area contributed by atoms with Crippen LogP contribution in [-0.4, -0.2) is 39.3 Å². The zero-order chi connectivity index (χ0) is 14.9. The summed E-state index contributed by atoms with van der Waals surface area (Å²) in [4.78, 5) is 2.08. The second-order valence-electron chi connectivity index (χ2n) is 5.11. The average Bonchev–Trinajstić information content (AvgIpc) is 2.82. The highest BCUT2D eigenvalue weighted by Gasteiger charge is 2.35. The lowest BCUT2D eigenvalue weighted by Gasteiger charge is -2.24. The smallest absolute Gasteiger partial charge is 0.168 e. The van der Waals surface area contributed by atoms with Crippen LogP contribution in [0.4, 0.5) is 4.39 Å². The van der Waals surface area contributed by atoms with Crippen LogP contribution in [0.3, 0.4) is 0 Å². The molecule has 0 amide bonds. The zero-order valence-electron chi connectivity index (χ0n) is 12.0. The van der Waals surface area contributed by atoms with Gasteiger partial charge in [-0.25, -0.2) is 4.39 Å². The SMILES string of the molecule is COc1cc(Cl)c(F)c(C2CC(CN)CN2C)c1OC. The van der Waals surface area contributed by atoms with Crippen LogP contribution >= 0.6 is 11.6 Å². The fourth-order valence-corrected chi connectivity index (χ4v) is 3.08. The molecule has 0 bridgehead atoms.